The lowest BCUT2D eigenvalue weighted by atomic mass is 10.0. The van der Waals surface area contributed by atoms with Crippen LogP contribution in [0.4, 0.5) is 0 Å². The summed E-state index contributed by atoms with van der Waals surface area (Å²) < 4.78 is 0. The van der Waals surface area contributed by atoms with Gasteiger partial charge in [0.2, 0.25) is 0 Å². The summed E-state index contributed by atoms with van der Waals surface area (Å²) in [5, 5.41) is 9.74. The Kier molecular flexibility index (Phi) is 5.33. The molecule has 1 heterocycles. The molecule has 0 radical (unpaired) electrons. The second-order valence-corrected chi connectivity index (χ2v) is 4.52. The Morgan fingerprint density at radius 2 is 2.07 bits per heavy atom. The van der Waals surface area contributed by atoms with E-state index in [0.29, 0.717) is 5.92 Å². The zero-order chi connectivity index (χ0) is 11.1. The van der Waals surface area contributed by atoms with Crippen molar-refractivity contribution >= 4 is 0 Å². The molecule has 0 aliphatic rings. The molecule has 1 atom stereocenters. The Morgan fingerprint density at radius 3 is 2.67 bits per heavy atom. The lowest BCUT2D eigenvalue weighted by molar-refractivity contribution is 0.147. The predicted octanol–water partition coefficient (Wildman–Crippen LogP) is 2.81. The molecule has 15 heavy (non-hydrogen) atoms. The fraction of sp³-hybridized carbons (Fsp3) is 0.615. The van der Waals surface area contributed by atoms with Crippen molar-refractivity contribution < 1.29 is 5.11 Å². The van der Waals surface area contributed by atoms with Gasteiger partial charge in [-0.15, -0.1) is 0 Å². The standard InChI is InChI=1S/C13H21NO/c1-11(2)5-7-13(15)8-6-12-4-3-9-14-10-12/h3-4,9-11,13,15H,5-8H2,1-2H3. The minimum atomic E-state index is -0.160. The van der Waals surface area contributed by atoms with E-state index in [1.807, 2.05) is 12.3 Å². The quantitative estimate of drug-likeness (QED) is 0.778. The number of hydrogen-bond donors (Lipinski definition) is 1. The molecule has 84 valence electrons. The zero-order valence-electron chi connectivity index (χ0n) is 9.69. The highest BCUT2D eigenvalue weighted by Crippen LogP contribution is 2.11. The van der Waals surface area contributed by atoms with E-state index in [9.17, 15) is 5.11 Å². The topological polar surface area (TPSA) is 33.1 Å². The Labute approximate surface area is 92.4 Å². The van der Waals surface area contributed by atoms with Crippen LogP contribution in [0.3, 0.4) is 0 Å². The molecule has 0 bridgehead atoms. The average molecular weight is 207 g/mol. The summed E-state index contributed by atoms with van der Waals surface area (Å²) in [4.78, 5) is 4.06. The van der Waals surface area contributed by atoms with Gasteiger partial charge in [0.1, 0.15) is 0 Å². The average Bonchev–Trinajstić information content (AvgIpc) is 2.25. The minimum Gasteiger partial charge on any atom is -0.393 e. The maximum atomic E-state index is 9.74. The van der Waals surface area contributed by atoms with E-state index < -0.39 is 0 Å². The van der Waals surface area contributed by atoms with Crippen molar-refractivity contribution in [2.24, 2.45) is 5.92 Å². The summed E-state index contributed by atoms with van der Waals surface area (Å²) in [6.07, 6.45) is 7.28. The molecular formula is C13H21NO. The van der Waals surface area contributed by atoms with Crippen LogP contribution in [0.2, 0.25) is 0 Å². The number of aromatic nitrogens is 1. The lowest BCUT2D eigenvalue weighted by Crippen LogP contribution is -2.09. The first-order valence-corrected chi connectivity index (χ1v) is 5.75. The second-order valence-electron chi connectivity index (χ2n) is 4.52. The molecule has 1 aromatic rings. The van der Waals surface area contributed by atoms with E-state index in [1.54, 1.807) is 6.20 Å². The molecule has 0 saturated carbocycles. The van der Waals surface area contributed by atoms with Gasteiger partial charge >= 0.3 is 0 Å². The first-order chi connectivity index (χ1) is 7.18. The van der Waals surface area contributed by atoms with Crippen LogP contribution < -0.4 is 0 Å². The Balaban J connectivity index is 2.19. The molecule has 1 N–H and O–H groups in total. The van der Waals surface area contributed by atoms with Crippen LogP contribution in [0.1, 0.15) is 38.7 Å². The SMILES string of the molecule is CC(C)CCC(O)CCc1cccnc1. The summed E-state index contributed by atoms with van der Waals surface area (Å²) in [7, 11) is 0. The molecule has 1 unspecified atom stereocenters. The molecule has 0 fully saturated rings. The number of rotatable bonds is 6. The number of aliphatic hydroxyl groups is 1. The molecular weight excluding hydrogens is 186 g/mol. The van der Waals surface area contributed by atoms with Crippen LogP contribution in [0.15, 0.2) is 24.5 Å². The van der Waals surface area contributed by atoms with E-state index in [0.717, 1.165) is 25.7 Å². The summed E-state index contributed by atoms with van der Waals surface area (Å²) in [5.41, 5.74) is 1.21. The van der Waals surface area contributed by atoms with E-state index in [1.165, 1.54) is 5.56 Å². The third-order valence-corrected chi connectivity index (χ3v) is 2.57. The van der Waals surface area contributed by atoms with Gasteiger partial charge in [0, 0.05) is 12.4 Å². The third kappa shape index (κ3) is 5.53. The molecule has 0 aromatic carbocycles. The molecule has 1 aromatic heterocycles. The predicted molar refractivity (Wildman–Crippen MR) is 62.6 cm³/mol. The highest BCUT2D eigenvalue weighted by Gasteiger charge is 2.05. The highest BCUT2D eigenvalue weighted by atomic mass is 16.3. The van der Waals surface area contributed by atoms with Crippen LogP contribution in [0, 0.1) is 5.92 Å². The van der Waals surface area contributed by atoms with Gasteiger partial charge in [-0.05, 0) is 43.2 Å². The van der Waals surface area contributed by atoms with Crippen molar-refractivity contribution in [2.75, 3.05) is 0 Å². The van der Waals surface area contributed by atoms with Crippen molar-refractivity contribution in [1.29, 1.82) is 0 Å². The highest BCUT2D eigenvalue weighted by molar-refractivity contribution is 5.08. The number of aliphatic hydroxyl groups excluding tert-OH is 1. The fourth-order valence-electron chi connectivity index (χ4n) is 1.55. The minimum absolute atomic E-state index is 0.160. The smallest absolute Gasteiger partial charge is 0.0543 e. The van der Waals surface area contributed by atoms with Gasteiger partial charge in [-0.1, -0.05) is 19.9 Å². The van der Waals surface area contributed by atoms with Crippen LogP contribution in [0.5, 0.6) is 0 Å². The van der Waals surface area contributed by atoms with Crippen molar-refractivity contribution in [1.82, 2.24) is 4.98 Å². The Bertz CT molecular complexity index is 258. The molecule has 0 saturated heterocycles. The Hall–Kier alpha value is -0.890. The normalized spacial score (nSPS) is 13.1. The van der Waals surface area contributed by atoms with Crippen LogP contribution in [-0.4, -0.2) is 16.2 Å². The van der Waals surface area contributed by atoms with Crippen LogP contribution in [-0.2, 0) is 6.42 Å². The van der Waals surface area contributed by atoms with Gasteiger partial charge in [0.05, 0.1) is 6.10 Å². The van der Waals surface area contributed by atoms with Crippen LogP contribution >= 0.6 is 0 Å². The van der Waals surface area contributed by atoms with Crippen molar-refractivity contribution in [3.63, 3.8) is 0 Å². The van der Waals surface area contributed by atoms with Gasteiger partial charge in [0.25, 0.3) is 0 Å². The van der Waals surface area contributed by atoms with Gasteiger partial charge in [-0.3, -0.25) is 4.98 Å². The third-order valence-electron chi connectivity index (χ3n) is 2.57. The van der Waals surface area contributed by atoms with Crippen LogP contribution in [0.25, 0.3) is 0 Å². The van der Waals surface area contributed by atoms with E-state index >= 15 is 0 Å². The maximum Gasteiger partial charge on any atom is 0.0543 e. The molecule has 0 aliphatic carbocycles. The molecule has 2 heteroatoms. The van der Waals surface area contributed by atoms with Crippen molar-refractivity contribution in [3.8, 4) is 0 Å². The number of aryl methyl sites for hydroxylation is 1. The molecule has 1 rings (SSSR count). The fourth-order valence-corrected chi connectivity index (χ4v) is 1.55. The number of pyridine rings is 1. The summed E-state index contributed by atoms with van der Waals surface area (Å²) in [5.74, 6) is 0.679. The maximum absolute atomic E-state index is 9.74. The molecule has 2 nitrogen and oxygen atoms in total. The van der Waals surface area contributed by atoms with Gasteiger partial charge in [-0.25, -0.2) is 0 Å². The van der Waals surface area contributed by atoms with Crippen molar-refractivity contribution in [3.05, 3.63) is 30.1 Å². The second kappa shape index (κ2) is 6.57. The number of hydrogen-bond acceptors (Lipinski definition) is 2. The summed E-state index contributed by atoms with van der Waals surface area (Å²) in [6.45, 7) is 4.38. The molecule has 0 aliphatic heterocycles. The summed E-state index contributed by atoms with van der Waals surface area (Å²) >= 11 is 0. The van der Waals surface area contributed by atoms with Gasteiger partial charge in [0.15, 0.2) is 0 Å². The largest absolute Gasteiger partial charge is 0.393 e. The van der Waals surface area contributed by atoms with Crippen molar-refractivity contribution in [2.45, 2.75) is 45.6 Å². The van der Waals surface area contributed by atoms with E-state index in [4.69, 9.17) is 0 Å². The first kappa shape index (κ1) is 12.2. The molecule has 0 amide bonds. The monoisotopic (exact) mass is 207 g/mol. The van der Waals surface area contributed by atoms with Gasteiger partial charge < -0.3 is 5.11 Å². The first-order valence-electron chi connectivity index (χ1n) is 5.75. The molecule has 0 spiro atoms. The van der Waals surface area contributed by atoms with Gasteiger partial charge in [-0.2, -0.15) is 0 Å². The van der Waals surface area contributed by atoms with E-state index in [-0.39, 0.29) is 6.10 Å². The zero-order valence-corrected chi connectivity index (χ0v) is 9.69. The Morgan fingerprint density at radius 1 is 1.27 bits per heavy atom. The van der Waals surface area contributed by atoms with E-state index in [2.05, 4.69) is 24.9 Å². The lowest BCUT2D eigenvalue weighted by Gasteiger charge is -2.11. The number of nitrogens with zero attached hydrogens (tertiary/aromatic N) is 1. The summed E-state index contributed by atoms with van der Waals surface area (Å²) in [6, 6.07) is 4.00.